The van der Waals surface area contributed by atoms with Crippen molar-refractivity contribution in [1.82, 2.24) is 9.97 Å². The van der Waals surface area contributed by atoms with E-state index in [1.54, 1.807) is 6.20 Å². The Morgan fingerprint density at radius 1 is 1.12 bits per heavy atom. The molecule has 10 nitrogen and oxygen atoms in total. The standard InChI is InChI=1S/C30H35N5O5/c1-3-39-25-8-4-5-9-26(25)40-24-7-6-16-35(20-24)28-19-31-18-27(33-28)34-30(38)21(2)17-32-23-13-10-22(11-14-23)12-15-29(36)37/h4-5,8-11,13-14,18-19,24,32H,2-3,6-7,12,15-17,20H2,1H3,(H,36,37)(H,33,34,38). The van der Waals surface area contributed by atoms with Crippen LogP contribution in [0.4, 0.5) is 17.3 Å². The third kappa shape index (κ3) is 8.20. The highest BCUT2D eigenvalue weighted by molar-refractivity contribution is 6.03. The van der Waals surface area contributed by atoms with E-state index in [2.05, 4.69) is 32.1 Å². The normalized spacial score (nSPS) is 14.7. The lowest BCUT2D eigenvalue weighted by atomic mass is 10.1. The molecule has 2 aromatic carbocycles. The first kappa shape index (κ1) is 28.4. The molecule has 1 atom stereocenters. The smallest absolute Gasteiger partial charge is 0.303 e. The molecule has 0 aliphatic carbocycles. The third-order valence-corrected chi connectivity index (χ3v) is 6.42. The van der Waals surface area contributed by atoms with E-state index in [4.69, 9.17) is 14.6 Å². The molecule has 4 rings (SSSR count). The van der Waals surface area contributed by atoms with Gasteiger partial charge in [-0.2, -0.15) is 0 Å². The fourth-order valence-electron chi connectivity index (χ4n) is 4.35. The summed E-state index contributed by atoms with van der Waals surface area (Å²) in [5.41, 5.74) is 2.08. The van der Waals surface area contributed by atoms with Crippen LogP contribution in [0.5, 0.6) is 11.5 Å². The molecule has 10 heteroatoms. The van der Waals surface area contributed by atoms with Crippen LogP contribution < -0.4 is 25.0 Å². The third-order valence-electron chi connectivity index (χ3n) is 6.42. The van der Waals surface area contributed by atoms with Crippen LogP contribution in [0.1, 0.15) is 31.7 Å². The maximum absolute atomic E-state index is 12.7. The Hall–Kier alpha value is -4.60. The predicted molar refractivity (Wildman–Crippen MR) is 154 cm³/mol. The summed E-state index contributed by atoms with van der Waals surface area (Å²) in [4.78, 5) is 34.5. The number of ether oxygens (including phenoxy) is 2. The number of aliphatic carboxylic acids is 1. The highest BCUT2D eigenvalue weighted by Crippen LogP contribution is 2.30. The molecule has 1 aliphatic heterocycles. The summed E-state index contributed by atoms with van der Waals surface area (Å²) in [5.74, 6) is 1.28. The topological polar surface area (TPSA) is 126 Å². The zero-order valence-corrected chi connectivity index (χ0v) is 22.6. The lowest BCUT2D eigenvalue weighted by molar-refractivity contribution is -0.137. The molecule has 1 aromatic heterocycles. The van der Waals surface area contributed by atoms with Crippen molar-refractivity contribution in [1.29, 1.82) is 0 Å². The summed E-state index contributed by atoms with van der Waals surface area (Å²) < 4.78 is 12.0. The van der Waals surface area contributed by atoms with Crippen molar-refractivity contribution in [3.8, 4) is 11.5 Å². The van der Waals surface area contributed by atoms with Crippen molar-refractivity contribution < 1.29 is 24.2 Å². The molecule has 1 aliphatic rings. The van der Waals surface area contributed by atoms with E-state index in [9.17, 15) is 9.59 Å². The SMILES string of the molecule is C=C(CNc1ccc(CCC(=O)O)cc1)C(=O)Nc1cncc(N2CCCC(Oc3ccccc3OCC)C2)n1. The maximum atomic E-state index is 12.7. The van der Waals surface area contributed by atoms with Crippen LogP contribution in [-0.2, 0) is 16.0 Å². The summed E-state index contributed by atoms with van der Waals surface area (Å²) in [6.07, 6.45) is 5.56. The maximum Gasteiger partial charge on any atom is 0.303 e. The van der Waals surface area contributed by atoms with Gasteiger partial charge in [0.05, 0.1) is 25.5 Å². The van der Waals surface area contributed by atoms with Crippen LogP contribution in [0.2, 0.25) is 0 Å². The summed E-state index contributed by atoms with van der Waals surface area (Å²) in [5, 5.41) is 14.8. The average molecular weight is 546 g/mol. The number of carbonyl (C=O) groups excluding carboxylic acids is 1. The fourth-order valence-corrected chi connectivity index (χ4v) is 4.35. The van der Waals surface area contributed by atoms with Gasteiger partial charge in [0.15, 0.2) is 17.3 Å². The van der Waals surface area contributed by atoms with Gasteiger partial charge < -0.3 is 30.1 Å². The zero-order chi connectivity index (χ0) is 28.3. The van der Waals surface area contributed by atoms with E-state index in [1.807, 2.05) is 55.5 Å². The van der Waals surface area contributed by atoms with E-state index in [0.29, 0.717) is 36.8 Å². The van der Waals surface area contributed by atoms with Crippen molar-refractivity contribution in [3.63, 3.8) is 0 Å². The predicted octanol–water partition coefficient (Wildman–Crippen LogP) is 4.55. The van der Waals surface area contributed by atoms with Crippen molar-refractivity contribution in [3.05, 3.63) is 78.6 Å². The molecule has 2 heterocycles. The molecule has 0 saturated carbocycles. The Morgan fingerprint density at radius 2 is 1.90 bits per heavy atom. The van der Waals surface area contributed by atoms with E-state index < -0.39 is 5.97 Å². The molecule has 3 aromatic rings. The number of piperidine rings is 1. The number of carboxylic acid groups (broad SMARTS) is 1. The summed E-state index contributed by atoms with van der Waals surface area (Å²) in [6.45, 7) is 8.09. The largest absolute Gasteiger partial charge is 0.490 e. The van der Waals surface area contributed by atoms with E-state index in [1.165, 1.54) is 6.20 Å². The molecular formula is C30H35N5O5. The van der Waals surface area contributed by atoms with Crippen LogP contribution in [0.3, 0.4) is 0 Å². The highest BCUT2D eigenvalue weighted by Gasteiger charge is 2.24. The van der Waals surface area contributed by atoms with E-state index >= 15 is 0 Å². The molecular weight excluding hydrogens is 510 g/mol. The number of rotatable bonds is 13. The van der Waals surface area contributed by atoms with Crippen LogP contribution in [0.25, 0.3) is 0 Å². The number of amides is 1. The first-order chi connectivity index (χ1) is 19.4. The van der Waals surface area contributed by atoms with Crippen LogP contribution in [-0.4, -0.2) is 59.3 Å². The second kappa shape index (κ2) is 14.0. The van der Waals surface area contributed by atoms with Crippen molar-refractivity contribution >= 4 is 29.2 Å². The number of carboxylic acids is 1. The van der Waals surface area contributed by atoms with Crippen molar-refractivity contribution in [2.24, 2.45) is 0 Å². The second-order valence-corrected chi connectivity index (χ2v) is 9.47. The van der Waals surface area contributed by atoms with Gasteiger partial charge >= 0.3 is 5.97 Å². The van der Waals surface area contributed by atoms with Gasteiger partial charge in [0.25, 0.3) is 5.91 Å². The number of nitrogens with zero attached hydrogens (tertiary/aromatic N) is 3. The number of para-hydroxylation sites is 2. The summed E-state index contributed by atoms with van der Waals surface area (Å²) in [6, 6.07) is 15.1. The van der Waals surface area contributed by atoms with Gasteiger partial charge in [-0.1, -0.05) is 30.8 Å². The Morgan fingerprint density at radius 3 is 2.65 bits per heavy atom. The lowest BCUT2D eigenvalue weighted by Gasteiger charge is -2.33. The summed E-state index contributed by atoms with van der Waals surface area (Å²) >= 11 is 0. The minimum Gasteiger partial charge on any atom is -0.490 e. The second-order valence-electron chi connectivity index (χ2n) is 9.47. The van der Waals surface area contributed by atoms with Crippen molar-refractivity contribution in [2.45, 2.75) is 38.7 Å². The first-order valence-corrected chi connectivity index (χ1v) is 13.4. The van der Waals surface area contributed by atoms with Crippen LogP contribution in [0.15, 0.2) is 73.1 Å². The minimum absolute atomic E-state index is 0.0347. The molecule has 1 unspecified atom stereocenters. The molecule has 0 bridgehead atoms. The lowest BCUT2D eigenvalue weighted by Crippen LogP contribution is -2.41. The Balaban J connectivity index is 1.29. The highest BCUT2D eigenvalue weighted by atomic mass is 16.5. The van der Waals surface area contributed by atoms with Crippen LogP contribution in [0, 0.1) is 0 Å². The monoisotopic (exact) mass is 545 g/mol. The number of benzene rings is 2. The fraction of sp³-hybridized carbons (Fsp3) is 0.333. The Kier molecular flexibility index (Phi) is 9.93. The van der Waals surface area contributed by atoms with Crippen LogP contribution >= 0.6 is 0 Å². The van der Waals surface area contributed by atoms with Gasteiger partial charge in [-0.3, -0.25) is 14.6 Å². The quantitative estimate of drug-likeness (QED) is 0.265. The molecule has 0 spiro atoms. The number of anilines is 3. The van der Waals surface area contributed by atoms with E-state index in [0.717, 1.165) is 42.1 Å². The molecule has 1 amide bonds. The van der Waals surface area contributed by atoms with Gasteiger partial charge in [-0.25, -0.2) is 4.98 Å². The van der Waals surface area contributed by atoms with E-state index in [-0.39, 0.29) is 25.0 Å². The number of hydrogen-bond acceptors (Lipinski definition) is 8. The van der Waals surface area contributed by atoms with Gasteiger partial charge in [0, 0.05) is 30.8 Å². The number of aryl methyl sites for hydroxylation is 1. The molecule has 3 N–H and O–H groups in total. The first-order valence-electron chi connectivity index (χ1n) is 13.4. The Bertz CT molecular complexity index is 1310. The van der Waals surface area contributed by atoms with Gasteiger partial charge in [0.2, 0.25) is 0 Å². The molecule has 40 heavy (non-hydrogen) atoms. The van der Waals surface area contributed by atoms with Gasteiger partial charge in [0.1, 0.15) is 11.9 Å². The van der Waals surface area contributed by atoms with Crippen molar-refractivity contribution in [2.75, 3.05) is 41.8 Å². The molecule has 0 radical (unpaired) electrons. The summed E-state index contributed by atoms with van der Waals surface area (Å²) in [7, 11) is 0. The molecule has 210 valence electrons. The molecule has 1 fully saturated rings. The number of carbonyl (C=O) groups is 2. The average Bonchev–Trinajstić information content (AvgIpc) is 2.97. The minimum atomic E-state index is -0.826. The number of aromatic nitrogens is 2. The zero-order valence-electron chi connectivity index (χ0n) is 22.6. The number of hydrogen-bond donors (Lipinski definition) is 3. The van der Waals surface area contributed by atoms with Gasteiger partial charge in [-0.15, -0.1) is 0 Å². The Labute approximate surface area is 234 Å². The van der Waals surface area contributed by atoms with Gasteiger partial charge in [-0.05, 0) is 56.0 Å². The molecule has 1 saturated heterocycles. The number of nitrogens with one attached hydrogen (secondary N) is 2.